The number of hydrogen-bond donors (Lipinski definition) is 2. The number of nitrogens with two attached hydrogens (primary N) is 1. The average Bonchev–Trinajstić information content (AvgIpc) is 2.83. The Balaban J connectivity index is 1.75. The number of benzene rings is 1. The summed E-state index contributed by atoms with van der Waals surface area (Å²) in [7, 11) is 0. The monoisotopic (exact) mass is 340 g/mol. The summed E-state index contributed by atoms with van der Waals surface area (Å²) < 4.78 is 39.9. The minimum absolute atomic E-state index is 0.0471. The Bertz CT molecular complexity index is 778. The SMILES string of the molecule is NCCn1[nH]c2c(c1=O)CCN(Cc1cccc(C(F)(F)F)c1)C2. The fourth-order valence-electron chi connectivity index (χ4n) is 3.06. The Morgan fingerprint density at radius 1 is 1.29 bits per heavy atom. The zero-order valence-electron chi connectivity index (χ0n) is 13.1. The Labute approximate surface area is 136 Å². The zero-order chi connectivity index (χ0) is 17.3. The molecule has 5 nitrogen and oxygen atoms in total. The van der Waals surface area contributed by atoms with Crippen molar-refractivity contribution in [1.82, 2.24) is 14.7 Å². The van der Waals surface area contributed by atoms with Crippen LogP contribution in [-0.2, 0) is 32.2 Å². The van der Waals surface area contributed by atoms with Gasteiger partial charge in [0.15, 0.2) is 0 Å². The van der Waals surface area contributed by atoms with E-state index in [2.05, 4.69) is 5.10 Å². The molecule has 0 radical (unpaired) electrons. The fourth-order valence-corrected chi connectivity index (χ4v) is 3.06. The molecule has 0 unspecified atom stereocenters. The molecule has 3 N–H and O–H groups in total. The fraction of sp³-hybridized carbons (Fsp3) is 0.438. The molecule has 0 atom stereocenters. The van der Waals surface area contributed by atoms with Crippen molar-refractivity contribution in [2.45, 2.75) is 32.2 Å². The molecule has 0 aliphatic carbocycles. The topological polar surface area (TPSA) is 67.0 Å². The van der Waals surface area contributed by atoms with Gasteiger partial charge in [-0.05, 0) is 18.1 Å². The van der Waals surface area contributed by atoms with Gasteiger partial charge in [0.25, 0.3) is 5.56 Å². The third kappa shape index (κ3) is 3.39. The molecule has 130 valence electrons. The molecule has 0 amide bonds. The van der Waals surface area contributed by atoms with E-state index < -0.39 is 11.7 Å². The first kappa shape index (κ1) is 16.8. The van der Waals surface area contributed by atoms with Crippen molar-refractivity contribution in [2.24, 2.45) is 5.73 Å². The van der Waals surface area contributed by atoms with Crippen LogP contribution < -0.4 is 11.3 Å². The van der Waals surface area contributed by atoms with Gasteiger partial charge < -0.3 is 5.73 Å². The van der Waals surface area contributed by atoms with Crippen molar-refractivity contribution in [1.29, 1.82) is 0 Å². The molecular weight excluding hydrogens is 321 g/mol. The molecule has 1 aromatic heterocycles. The molecule has 0 saturated carbocycles. The molecule has 3 rings (SSSR count). The standard InChI is InChI=1S/C16H19F3N4O/c17-16(18,19)12-3-1-2-11(8-12)9-22-6-4-13-14(10-22)21-23(7-5-20)15(13)24/h1-3,8,21H,4-7,9-10,20H2. The first-order valence-corrected chi connectivity index (χ1v) is 7.77. The molecule has 0 saturated heterocycles. The maximum Gasteiger partial charge on any atom is 0.416 e. The number of fused-ring (bicyclic) bond motifs is 1. The molecule has 1 aliphatic heterocycles. The Hall–Kier alpha value is -2.06. The molecule has 2 heterocycles. The van der Waals surface area contributed by atoms with Gasteiger partial charge in [-0.15, -0.1) is 0 Å². The number of H-pyrrole nitrogens is 1. The van der Waals surface area contributed by atoms with Crippen molar-refractivity contribution in [2.75, 3.05) is 13.1 Å². The maximum atomic E-state index is 12.8. The largest absolute Gasteiger partial charge is 0.416 e. The van der Waals surface area contributed by atoms with Gasteiger partial charge in [0, 0.05) is 31.7 Å². The molecule has 0 fully saturated rings. The zero-order valence-corrected chi connectivity index (χ0v) is 13.1. The van der Waals surface area contributed by atoms with Crippen molar-refractivity contribution >= 4 is 0 Å². The summed E-state index contributed by atoms with van der Waals surface area (Å²) in [5.41, 5.74) is 6.99. The van der Waals surface area contributed by atoms with Gasteiger partial charge >= 0.3 is 6.18 Å². The second kappa shape index (κ2) is 6.45. The van der Waals surface area contributed by atoms with Crippen LogP contribution in [0.25, 0.3) is 0 Å². The van der Waals surface area contributed by atoms with Gasteiger partial charge in [-0.2, -0.15) is 13.2 Å². The summed E-state index contributed by atoms with van der Waals surface area (Å²) in [6.07, 6.45) is -3.75. The first-order valence-electron chi connectivity index (χ1n) is 7.77. The maximum absolute atomic E-state index is 12.8. The van der Waals surface area contributed by atoms with Crippen LogP contribution in [0.5, 0.6) is 0 Å². The molecular formula is C16H19F3N4O. The minimum atomic E-state index is -4.34. The quantitative estimate of drug-likeness (QED) is 0.890. The van der Waals surface area contributed by atoms with Gasteiger partial charge in [-0.25, -0.2) is 0 Å². The Morgan fingerprint density at radius 3 is 2.79 bits per heavy atom. The summed E-state index contributed by atoms with van der Waals surface area (Å²) >= 11 is 0. The first-order chi connectivity index (χ1) is 11.4. The highest BCUT2D eigenvalue weighted by molar-refractivity contribution is 5.26. The third-order valence-corrected chi connectivity index (χ3v) is 4.21. The van der Waals surface area contributed by atoms with E-state index in [1.165, 1.54) is 16.8 Å². The number of hydrogen-bond acceptors (Lipinski definition) is 3. The van der Waals surface area contributed by atoms with Crippen LogP contribution in [-0.4, -0.2) is 27.8 Å². The van der Waals surface area contributed by atoms with Crippen LogP contribution in [0.4, 0.5) is 13.2 Å². The van der Waals surface area contributed by atoms with Crippen LogP contribution in [0.15, 0.2) is 29.1 Å². The molecule has 1 aliphatic rings. The minimum Gasteiger partial charge on any atom is -0.329 e. The van der Waals surface area contributed by atoms with Crippen LogP contribution in [0.1, 0.15) is 22.4 Å². The van der Waals surface area contributed by atoms with Crippen molar-refractivity contribution in [3.8, 4) is 0 Å². The number of aromatic nitrogens is 2. The molecule has 1 aromatic carbocycles. The van der Waals surface area contributed by atoms with E-state index in [0.717, 1.165) is 17.3 Å². The molecule has 0 spiro atoms. The lowest BCUT2D eigenvalue weighted by Crippen LogP contribution is -2.32. The highest BCUT2D eigenvalue weighted by Gasteiger charge is 2.30. The van der Waals surface area contributed by atoms with E-state index in [9.17, 15) is 18.0 Å². The highest BCUT2D eigenvalue weighted by Crippen LogP contribution is 2.30. The predicted octanol–water partition coefficient (Wildman–Crippen LogP) is 1.71. The Morgan fingerprint density at radius 2 is 2.08 bits per heavy atom. The third-order valence-electron chi connectivity index (χ3n) is 4.21. The van der Waals surface area contributed by atoms with Gasteiger partial charge in [0.2, 0.25) is 0 Å². The van der Waals surface area contributed by atoms with E-state index in [-0.39, 0.29) is 5.56 Å². The summed E-state index contributed by atoms with van der Waals surface area (Å²) in [4.78, 5) is 14.2. The van der Waals surface area contributed by atoms with Crippen molar-refractivity contribution in [3.05, 3.63) is 57.0 Å². The smallest absolute Gasteiger partial charge is 0.329 e. The lowest BCUT2D eigenvalue weighted by molar-refractivity contribution is -0.137. The second-order valence-electron chi connectivity index (χ2n) is 5.97. The van der Waals surface area contributed by atoms with Gasteiger partial charge in [0.05, 0.1) is 17.8 Å². The van der Waals surface area contributed by atoms with E-state index >= 15 is 0 Å². The van der Waals surface area contributed by atoms with Crippen LogP contribution >= 0.6 is 0 Å². The summed E-state index contributed by atoms with van der Waals surface area (Å²) in [5, 5.41) is 3.06. The lowest BCUT2D eigenvalue weighted by atomic mass is 10.1. The van der Waals surface area contributed by atoms with E-state index in [4.69, 9.17) is 5.73 Å². The number of nitrogens with one attached hydrogen (secondary N) is 1. The van der Waals surface area contributed by atoms with Gasteiger partial charge in [0.1, 0.15) is 0 Å². The lowest BCUT2D eigenvalue weighted by Gasteiger charge is -2.26. The average molecular weight is 340 g/mol. The van der Waals surface area contributed by atoms with E-state index in [1.54, 1.807) is 6.07 Å². The molecule has 24 heavy (non-hydrogen) atoms. The van der Waals surface area contributed by atoms with E-state index in [1.807, 2.05) is 4.90 Å². The van der Waals surface area contributed by atoms with Gasteiger partial charge in [-0.3, -0.25) is 19.5 Å². The summed E-state index contributed by atoms with van der Waals surface area (Å²) in [6, 6.07) is 5.36. The second-order valence-corrected chi connectivity index (χ2v) is 5.97. The number of aromatic amines is 1. The molecule has 8 heteroatoms. The van der Waals surface area contributed by atoms with Crippen LogP contribution in [0.2, 0.25) is 0 Å². The molecule has 2 aromatic rings. The summed E-state index contributed by atoms with van der Waals surface area (Å²) in [5.74, 6) is 0. The number of halogens is 3. The number of rotatable bonds is 4. The Kier molecular flexibility index (Phi) is 4.51. The van der Waals surface area contributed by atoms with Crippen LogP contribution in [0, 0.1) is 0 Å². The number of nitrogens with zero attached hydrogens (tertiary/aromatic N) is 2. The molecule has 0 bridgehead atoms. The summed E-state index contributed by atoms with van der Waals surface area (Å²) in [6.45, 7) is 2.36. The van der Waals surface area contributed by atoms with Crippen LogP contribution in [0.3, 0.4) is 0 Å². The normalized spacial score (nSPS) is 15.5. The highest BCUT2D eigenvalue weighted by atomic mass is 19.4. The number of alkyl halides is 3. The van der Waals surface area contributed by atoms with Crippen molar-refractivity contribution < 1.29 is 13.2 Å². The predicted molar refractivity (Wildman–Crippen MR) is 83.4 cm³/mol. The van der Waals surface area contributed by atoms with Crippen molar-refractivity contribution in [3.63, 3.8) is 0 Å². The van der Waals surface area contributed by atoms with Gasteiger partial charge in [-0.1, -0.05) is 18.2 Å². The van der Waals surface area contributed by atoms with E-state index in [0.29, 0.717) is 44.7 Å².